The third-order valence-electron chi connectivity index (χ3n) is 1.65. The van der Waals surface area contributed by atoms with Crippen LogP contribution in [-0.4, -0.2) is 23.2 Å². The van der Waals surface area contributed by atoms with E-state index in [4.69, 9.17) is 27.5 Å². The zero-order chi connectivity index (χ0) is 11.8. The van der Waals surface area contributed by atoms with Gasteiger partial charge in [-0.2, -0.15) is 4.98 Å². The van der Waals surface area contributed by atoms with Crippen molar-refractivity contribution in [1.82, 2.24) is 9.97 Å². The summed E-state index contributed by atoms with van der Waals surface area (Å²) >= 11 is 5.81. The van der Waals surface area contributed by atoms with E-state index in [1.54, 1.807) is 6.07 Å². The number of aromatic nitrogens is 2. The van der Waals surface area contributed by atoms with E-state index in [-0.39, 0.29) is 0 Å². The van der Waals surface area contributed by atoms with Crippen molar-refractivity contribution < 1.29 is 9.47 Å². The van der Waals surface area contributed by atoms with E-state index in [9.17, 15) is 0 Å². The predicted molar refractivity (Wildman–Crippen MR) is 61.3 cm³/mol. The van der Waals surface area contributed by atoms with Gasteiger partial charge in [-0.05, 0) is 6.92 Å². The minimum absolute atomic E-state index is 0.322. The highest BCUT2D eigenvalue weighted by molar-refractivity contribution is 6.29. The van der Waals surface area contributed by atoms with Gasteiger partial charge in [0.2, 0.25) is 5.88 Å². The molecule has 1 heterocycles. The minimum atomic E-state index is 0.322. The van der Waals surface area contributed by atoms with Crippen LogP contribution in [0.25, 0.3) is 0 Å². The van der Waals surface area contributed by atoms with Gasteiger partial charge in [-0.1, -0.05) is 11.6 Å². The van der Waals surface area contributed by atoms with Gasteiger partial charge in [0.1, 0.15) is 18.4 Å². The van der Waals surface area contributed by atoms with Gasteiger partial charge in [0.05, 0.1) is 0 Å². The molecule has 5 heteroatoms. The van der Waals surface area contributed by atoms with E-state index >= 15 is 0 Å². The van der Waals surface area contributed by atoms with Crippen LogP contribution in [0.15, 0.2) is 6.07 Å². The predicted octanol–water partition coefficient (Wildman–Crippen LogP) is 2.07. The summed E-state index contributed by atoms with van der Waals surface area (Å²) < 4.78 is 10.5. The van der Waals surface area contributed by atoms with Crippen molar-refractivity contribution in [2.75, 3.05) is 13.2 Å². The molecule has 0 aliphatic rings. The Kier molecular flexibility index (Phi) is 5.62. The van der Waals surface area contributed by atoms with Crippen molar-refractivity contribution in [3.05, 3.63) is 17.0 Å². The normalized spacial score (nSPS) is 9.81. The maximum atomic E-state index is 5.81. The Bertz CT molecular complexity index is 377. The van der Waals surface area contributed by atoms with E-state index < -0.39 is 0 Å². The molecular weight excluding hydrogens is 228 g/mol. The molecule has 4 nitrogen and oxygen atoms in total. The second-order valence-corrected chi connectivity index (χ2v) is 3.27. The third-order valence-corrected chi connectivity index (χ3v) is 1.84. The average molecular weight is 241 g/mol. The first-order valence-corrected chi connectivity index (χ1v) is 5.31. The fourth-order valence-corrected chi connectivity index (χ4v) is 1.18. The first kappa shape index (κ1) is 12.8. The molecule has 0 saturated carbocycles. The molecule has 0 radical (unpaired) electrons. The van der Waals surface area contributed by atoms with Gasteiger partial charge in [0.25, 0.3) is 0 Å². The molecule has 0 fully saturated rings. The molecule has 0 unspecified atom stereocenters. The van der Waals surface area contributed by atoms with Crippen LogP contribution < -0.4 is 4.74 Å². The molecule has 0 aliphatic carbocycles. The summed E-state index contributed by atoms with van der Waals surface area (Å²) in [7, 11) is 0. The molecule has 1 aromatic rings. The molecular formula is C11H13ClN2O2. The molecule has 0 N–H and O–H groups in total. The lowest BCUT2D eigenvalue weighted by atomic mass is 10.5. The summed E-state index contributed by atoms with van der Waals surface area (Å²) in [4.78, 5) is 8.14. The van der Waals surface area contributed by atoms with Gasteiger partial charge in [0.15, 0.2) is 5.82 Å². The van der Waals surface area contributed by atoms with Crippen molar-refractivity contribution in [1.29, 1.82) is 0 Å². The molecule has 0 bridgehead atoms. The lowest BCUT2D eigenvalue weighted by Gasteiger charge is -2.06. The summed E-state index contributed by atoms with van der Waals surface area (Å²) in [6, 6.07) is 1.55. The first-order valence-electron chi connectivity index (χ1n) is 4.93. The highest BCUT2D eigenvalue weighted by Crippen LogP contribution is 2.14. The smallest absolute Gasteiger partial charge is 0.218 e. The molecule has 1 aromatic heterocycles. The third kappa shape index (κ3) is 4.47. The number of hydrogen-bond acceptors (Lipinski definition) is 4. The van der Waals surface area contributed by atoms with Crippen molar-refractivity contribution in [2.24, 2.45) is 0 Å². The van der Waals surface area contributed by atoms with E-state index in [0.717, 1.165) is 0 Å². The van der Waals surface area contributed by atoms with Crippen molar-refractivity contribution in [3.63, 3.8) is 0 Å². The monoisotopic (exact) mass is 240 g/mol. The van der Waals surface area contributed by atoms with Crippen LogP contribution in [0.4, 0.5) is 0 Å². The van der Waals surface area contributed by atoms with E-state index in [0.29, 0.717) is 43.1 Å². The lowest BCUT2D eigenvalue weighted by Crippen LogP contribution is -2.03. The molecule has 0 aromatic carbocycles. The molecule has 0 aliphatic heterocycles. The Labute approximate surface area is 100.0 Å². The van der Waals surface area contributed by atoms with Gasteiger partial charge in [-0.25, -0.2) is 4.98 Å². The van der Waals surface area contributed by atoms with E-state index in [1.807, 2.05) is 6.92 Å². The Hall–Kier alpha value is -1.31. The quantitative estimate of drug-likeness (QED) is 0.434. The zero-order valence-corrected chi connectivity index (χ0v) is 9.83. The fraction of sp³-hybridized carbons (Fsp3) is 0.455. The fourth-order valence-electron chi connectivity index (χ4n) is 0.988. The summed E-state index contributed by atoms with van der Waals surface area (Å²) in [5.41, 5.74) is 0. The van der Waals surface area contributed by atoms with E-state index in [2.05, 4.69) is 15.9 Å². The number of hydrogen-bond donors (Lipinski definition) is 0. The summed E-state index contributed by atoms with van der Waals surface area (Å²) in [6.45, 7) is 3.23. The standard InChI is InChI=1S/C11H13ClN2O2/c1-3-5-6-16-11-7-9(12)13-10(14-11)8-15-4-2/h1,7H,4-6,8H2,2H3. The van der Waals surface area contributed by atoms with Gasteiger partial charge >= 0.3 is 0 Å². The van der Waals surface area contributed by atoms with Crippen LogP contribution in [0.1, 0.15) is 19.2 Å². The number of halogens is 1. The van der Waals surface area contributed by atoms with Crippen LogP contribution in [0.2, 0.25) is 5.15 Å². The highest BCUT2D eigenvalue weighted by atomic mass is 35.5. The van der Waals surface area contributed by atoms with Crippen molar-refractivity contribution >= 4 is 11.6 Å². The number of terminal acetylenes is 1. The van der Waals surface area contributed by atoms with Gasteiger partial charge in [-0.3, -0.25) is 0 Å². The Balaban J connectivity index is 2.62. The van der Waals surface area contributed by atoms with Gasteiger partial charge in [0, 0.05) is 19.1 Å². The van der Waals surface area contributed by atoms with Crippen LogP contribution in [0.5, 0.6) is 5.88 Å². The molecule has 0 spiro atoms. The van der Waals surface area contributed by atoms with E-state index in [1.165, 1.54) is 0 Å². The van der Waals surface area contributed by atoms with Gasteiger partial charge < -0.3 is 9.47 Å². The lowest BCUT2D eigenvalue weighted by molar-refractivity contribution is 0.127. The highest BCUT2D eigenvalue weighted by Gasteiger charge is 2.04. The Morgan fingerprint density at radius 3 is 3.00 bits per heavy atom. The second kappa shape index (κ2) is 7.04. The summed E-state index contributed by atoms with van der Waals surface area (Å²) in [5, 5.41) is 0.334. The molecule has 0 atom stereocenters. The SMILES string of the molecule is C#CCCOc1cc(Cl)nc(COCC)n1. The minimum Gasteiger partial charge on any atom is -0.477 e. The molecule has 86 valence electrons. The molecule has 0 amide bonds. The van der Waals surface area contributed by atoms with Crippen LogP contribution >= 0.6 is 11.6 Å². The molecule has 16 heavy (non-hydrogen) atoms. The Morgan fingerprint density at radius 2 is 2.31 bits per heavy atom. The Morgan fingerprint density at radius 1 is 1.50 bits per heavy atom. The van der Waals surface area contributed by atoms with Crippen LogP contribution in [0.3, 0.4) is 0 Å². The van der Waals surface area contributed by atoms with Crippen LogP contribution in [0, 0.1) is 12.3 Å². The molecule has 0 saturated heterocycles. The largest absolute Gasteiger partial charge is 0.477 e. The molecule has 1 rings (SSSR count). The van der Waals surface area contributed by atoms with Gasteiger partial charge in [-0.15, -0.1) is 12.3 Å². The number of ether oxygens (including phenoxy) is 2. The topological polar surface area (TPSA) is 44.2 Å². The summed E-state index contributed by atoms with van der Waals surface area (Å²) in [6.07, 6.45) is 5.64. The number of rotatable bonds is 6. The average Bonchev–Trinajstić information content (AvgIpc) is 2.26. The zero-order valence-electron chi connectivity index (χ0n) is 9.07. The van der Waals surface area contributed by atoms with Crippen molar-refractivity contribution in [2.45, 2.75) is 20.0 Å². The first-order chi connectivity index (χ1) is 7.76. The summed E-state index contributed by atoms with van der Waals surface area (Å²) in [5.74, 6) is 3.40. The maximum absolute atomic E-state index is 5.81. The maximum Gasteiger partial charge on any atom is 0.218 e. The number of nitrogens with zero attached hydrogens (tertiary/aromatic N) is 2. The van der Waals surface area contributed by atoms with Crippen LogP contribution in [-0.2, 0) is 11.3 Å². The second-order valence-electron chi connectivity index (χ2n) is 2.88. The van der Waals surface area contributed by atoms with Crippen molar-refractivity contribution in [3.8, 4) is 18.2 Å².